The minimum absolute atomic E-state index is 0.106. The van der Waals surface area contributed by atoms with Crippen LogP contribution in [0.5, 0.6) is 0 Å². The SMILES string of the molecule is CC.CCCCC/C=C\C/C=C\CCCCCCCCC1(CCCCCCCC/C=C\C/C=C\CCCCC)OC2CC(O)CC2O1. The lowest BCUT2D eigenvalue weighted by Gasteiger charge is -2.30. The predicted molar refractivity (Wildman–Crippen MR) is 207 cm³/mol. The van der Waals surface area contributed by atoms with E-state index in [0.29, 0.717) is 0 Å². The number of hydrogen-bond donors (Lipinski definition) is 1. The second kappa shape index (κ2) is 32.1. The Morgan fingerprint density at radius 2 is 0.787 bits per heavy atom. The van der Waals surface area contributed by atoms with Gasteiger partial charge in [0.25, 0.3) is 0 Å². The second-order valence-electron chi connectivity index (χ2n) is 14.0. The molecule has 2 fully saturated rings. The lowest BCUT2D eigenvalue weighted by Crippen LogP contribution is -2.32. The van der Waals surface area contributed by atoms with E-state index in [1.807, 2.05) is 13.8 Å². The Morgan fingerprint density at radius 1 is 0.468 bits per heavy atom. The predicted octanol–water partition coefficient (Wildman–Crippen LogP) is 14.1. The van der Waals surface area contributed by atoms with Crippen LogP contribution in [0.1, 0.15) is 207 Å². The fourth-order valence-electron chi connectivity index (χ4n) is 6.89. The Bertz CT molecular complexity index is 717. The van der Waals surface area contributed by atoms with Gasteiger partial charge in [-0.15, -0.1) is 0 Å². The number of aliphatic hydroxyl groups excluding tert-OH is 1. The van der Waals surface area contributed by atoms with Crippen molar-refractivity contribution in [2.75, 3.05) is 0 Å². The standard InChI is InChI=1S/C42H74O3.C2H6/c1-3-5-7-9-11-13-15-17-19-21-23-25-27-29-31-33-35-42(44-40-37-39(43)38-41(40)45-42)36-34-32-30-28-26-24-22-20-18-16-14-12-10-8-6-4-2;1-2/h11-14,17-20,39-41,43H,3-10,15-16,21-38H2,1-2H3;1-2H3/b13-11-,14-12-,19-17-,20-18-;. The number of aliphatic hydroxyl groups is 1. The molecule has 0 amide bonds. The first-order valence-corrected chi connectivity index (χ1v) is 20.8. The zero-order valence-electron chi connectivity index (χ0n) is 31.9. The summed E-state index contributed by atoms with van der Waals surface area (Å²) in [5.74, 6) is -0.389. The van der Waals surface area contributed by atoms with Gasteiger partial charge in [-0.25, -0.2) is 0 Å². The van der Waals surface area contributed by atoms with Crippen LogP contribution in [-0.4, -0.2) is 29.2 Å². The van der Waals surface area contributed by atoms with E-state index in [-0.39, 0.29) is 24.1 Å². The molecule has 1 aliphatic carbocycles. The topological polar surface area (TPSA) is 38.7 Å². The lowest BCUT2D eigenvalue weighted by molar-refractivity contribution is -0.194. The van der Waals surface area contributed by atoms with Crippen molar-refractivity contribution in [3.8, 4) is 0 Å². The van der Waals surface area contributed by atoms with Crippen LogP contribution in [0.15, 0.2) is 48.6 Å². The molecule has 0 aromatic carbocycles. The molecule has 0 aromatic heterocycles. The molecule has 0 radical (unpaired) electrons. The number of rotatable bonds is 30. The first-order valence-electron chi connectivity index (χ1n) is 20.8. The second-order valence-corrected chi connectivity index (χ2v) is 14.0. The summed E-state index contributed by atoms with van der Waals surface area (Å²) in [6, 6.07) is 0. The quantitative estimate of drug-likeness (QED) is 0.0617. The number of ether oxygens (including phenoxy) is 2. The van der Waals surface area contributed by atoms with Crippen LogP contribution in [0.4, 0.5) is 0 Å². The summed E-state index contributed by atoms with van der Waals surface area (Å²) in [4.78, 5) is 0. The molecular formula is C44H80O3. The highest BCUT2D eigenvalue weighted by Crippen LogP contribution is 2.43. The normalized spacial score (nSPS) is 20.7. The largest absolute Gasteiger partial charge is 0.393 e. The van der Waals surface area contributed by atoms with Crippen LogP contribution in [0.25, 0.3) is 0 Å². The molecule has 274 valence electrons. The average Bonchev–Trinajstić information content (AvgIpc) is 3.59. The number of unbranched alkanes of at least 4 members (excludes halogenated alkanes) is 18. The monoisotopic (exact) mass is 657 g/mol. The van der Waals surface area contributed by atoms with Crippen molar-refractivity contribution in [3.05, 3.63) is 48.6 Å². The first-order chi connectivity index (χ1) is 23.2. The molecular weight excluding hydrogens is 576 g/mol. The van der Waals surface area contributed by atoms with Crippen molar-refractivity contribution in [2.45, 2.75) is 232 Å². The van der Waals surface area contributed by atoms with E-state index in [1.165, 1.54) is 141 Å². The lowest BCUT2D eigenvalue weighted by atomic mass is 9.98. The molecule has 2 atom stereocenters. The van der Waals surface area contributed by atoms with E-state index in [0.717, 1.165) is 38.5 Å². The van der Waals surface area contributed by atoms with Crippen molar-refractivity contribution in [3.63, 3.8) is 0 Å². The van der Waals surface area contributed by atoms with Gasteiger partial charge in [-0.2, -0.15) is 0 Å². The molecule has 2 unspecified atom stereocenters. The zero-order valence-corrected chi connectivity index (χ0v) is 31.9. The Labute approximate surface area is 294 Å². The fourth-order valence-corrected chi connectivity index (χ4v) is 6.89. The Hall–Kier alpha value is -1.16. The molecule has 2 rings (SSSR count). The molecule has 2 aliphatic rings. The van der Waals surface area contributed by atoms with Crippen LogP contribution in [0.3, 0.4) is 0 Å². The highest BCUT2D eigenvalue weighted by atomic mass is 16.8. The van der Waals surface area contributed by atoms with E-state index < -0.39 is 0 Å². The number of hydrogen-bond acceptors (Lipinski definition) is 3. The third kappa shape index (κ3) is 23.8. The van der Waals surface area contributed by atoms with E-state index in [4.69, 9.17) is 9.47 Å². The van der Waals surface area contributed by atoms with Gasteiger partial charge in [-0.05, 0) is 77.0 Å². The highest BCUT2D eigenvalue weighted by Gasteiger charge is 2.50. The van der Waals surface area contributed by atoms with Gasteiger partial charge in [0.1, 0.15) is 0 Å². The maximum absolute atomic E-state index is 10.1. The maximum Gasteiger partial charge on any atom is 0.169 e. The summed E-state index contributed by atoms with van der Waals surface area (Å²) >= 11 is 0. The van der Waals surface area contributed by atoms with Gasteiger partial charge in [-0.1, -0.05) is 153 Å². The summed E-state index contributed by atoms with van der Waals surface area (Å²) in [6.07, 6.45) is 52.9. The summed E-state index contributed by atoms with van der Waals surface area (Å²) in [5, 5.41) is 10.1. The number of allylic oxidation sites excluding steroid dienone is 8. The van der Waals surface area contributed by atoms with Gasteiger partial charge in [0.05, 0.1) is 18.3 Å². The molecule has 1 saturated carbocycles. The summed E-state index contributed by atoms with van der Waals surface area (Å²) in [6.45, 7) is 8.53. The molecule has 3 nitrogen and oxygen atoms in total. The minimum Gasteiger partial charge on any atom is -0.393 e. The third-order valence-electron chi connectivity index (χ3n) is 9.67. The molecule has 0 aromatic rings. The maximum atomic E-state index is 10.1. The van der Waals surface area contributed by atoms with E-state index in [2.05, 4.69) is 62.5 Å². The van der Waals surface area contributed by atoms with Crippen LogP contribution >= 0.6 is 0 Å². The van der Waals surface area contributed by atoms with Crippen LogP contribution in [-0.2, 0) is 9.47 Å². The third-order valence-corrected chi connectivity index (χ3v) is 9.67. The zero-order chi connectivity index (χ0) is 34.1. The highest BCUT2D eigenvalue weighted by molar-refractivity contribution is 4.95. The van der Waals surface area contributed by atoms with Crippen LogP contribution in [0, 0.1) is 0 Å². The van der Waals surface area contributed by atoms with Crippen molar-refractivity contribution < 1.29 is 14.6 Å². The number of fused-ring (bicyclic) bond motifs is 1. The molecule has 3 heteroatoms. The van der Waals surface area contributed by atoms with Gasteiger partial charge in [0, 0.05) is 25.7 Å². The summed E-state index contributed by atoms with van der Waals surface area (Å²) in [7, 11) is 0. The van der Waals surface area contributed by atoms with Gasteiger partial charge < -0.3 is 14.6 Å². The molecule has 0 bridgehead atoms. The van der Waals surface area contributed by atoms with E-state index >= 15 is 0 Å². The van der Waals surface area contributed by atoms with E-state index in [9.17, 15) is 5.11 Å². The minimum atomic E-state index is -0.389. The molecule has 0 spiro atoms. The van der Waals surface area contributed by atoms with Gasteiger partial charge in [0.15, 0.2) is 5.79 Å². The summed E-state index contributed by atoms with van der Waals surface area (Å²) in [5.41, 5.74) is 0. The average molecular weight is 657 g/mol. The van der Waals surface area contributed by atoms with Crippen molar-refractivity contribution in [1.29, 1.82) is 0 Å². The van der Waals surface area contributed by atoms with E-state index in [1.54, 1.807) is 0 Å². The molecule has 1 heterocycles. The first kappa shape index (κ1) is 43.9. The van der Waals surface area contributed by atoms with Gasteiger partial charge in [-0.3, -0.25) is 0 Å². The Morgan fingerprint density at radius 3 is 1.15 bits per heavy atom. The smallest absolute Gasteiger partial charge is 0.169 e. The molecule has 47 heavy (non-hydrogen) atoms. The molecule has 1 aliphatic heterocycles. The van der Waals surface area contributed by atoms with Crippen LogP contribution < -0.4 is 0 Å². The van der Waals surface area contributed by atoms with Crippen LogP contribution in [0.2, 0.25) is 0 Å². The van der Waals surface area contributed by atoms with Gasteiger partial charge >= 0.3 is 0 Å². The van der Waals surface area contributed by atoms with Gasteiger partial charge in [0.2, 0.25) is 0 Å². The molecule has 1 saturated heterocycles. The van der Waals surface area contributed by atoms with Crippen molar-refractivity contribution in [1.82, 2.24) is 0 Å². The van der Waals surface area contributed by atoms with Crippen molar-refractivity contribution in [2.24, 2.45) is 0 Å². The Balaban J connectivity index is 0.00000541. The Kier molecular flexibility index (Phi) is 29.9. The summed E-state index contributed by atoms with van der Waals surface area (Å²) < 4.78 is 13.2. The van der Waals surface area contributed by atoms with Crippen molar-refractivity contribution >= 4 is 0 Å². The fraction of sp³-hybridized carbons (Fsp3) is 0.818. The molecule has 1 N–H and O–H groups in total.